The van der Waals surface area contributed by atoms with Crippen molar-refractivity contribution < 1.29 is 14.5 Å². The first-order valence-electron chi connectivity index (χ1n) is 4.93. The van der Waals surface area contributed by atoms with E-state index < -0.39 is 10.9 Å². The van der Waals surface area contributed by atoms with Gasteiger partial charge in [-0.05, 0) is 20.2 Å². The molecule has 1 heterocycles. The maximum atomic E-state index is 11.5. The van der Waals surface area contributed by atoms with Gasteiger partial charge in [0.1, 0.15) is 6.61 Å². The highest BCUT2D eigenvalue weighted by Gasteiger charge is 2.22. The van der Waals surface area contributed by atoms with Crippen molar-refractivity contribution >= 4 is 11.7 Å². The first kappa shape index (κ1) is 13.0. The Morgan fingerprint density at radius 3 is 2.88 bits per heavy atom. The molecule has 0 bridgehead atoms. The number of rotatable bonds is 5. The van der Waals surface area contributed by atoms with Gasteiger partial charge in [0, 0.05) is 18.8 Å². The van der Waals surface area contributed by atoms with Crippen molar-refractivity contribution in [3.05, 3.63) is 34.1 Å². The number of likely N-dealkylation sites (N-methyl/N-ethyl adjacent to an activating group) is 1. The van der Waals surface area contributed by atoms with E-state index in [1.807, 2.05) is 19.0 Å². The lowest BCUT2D eigenvalue weighted by atomic mass is 10.3. The van der Waals surface area contributed by atoms with Gasteiger partial charge < -0.3 is 9.64 Å². The number of nitro groups is 1. The van der Waals surface area contributed by atoms with E-state index in [1.165, 1.54) is 18.3 Å². The summed E-state index contributed by atoms with van der Waals surface area (Å²) < 4.78 is 4.88. The Labute approximate surface area is 98.2 Å². The molecule has 1 rings (SSSR count). The van der Waals surface area contributed by atoms with Crippen LogP contribution in [0, 0.1) is 10.1 Å². The van der Waals surface area contributed by atoms with Crippen molar-refractivity contribution in [2.24, 2.45) is 0 Å². The molecule has 1 aromatic rings. The molecule has 0 spiro atoms. The van der Waals surface area contributed by atoms with Gasteiger partial charge in [0.25, 0.3) is 0 Å². The number of carbonyl (C=O) groups is 1. The highest BCUT2D eigenvalue weighted by atomic mass is 16.6. The second-order valence-electron chi connectivity index (χ2n) is 3.57. The molecule has 0 N–H and O–H groups in total. The van der Waals surface area contributed by atoms with Crippen LogP contribution in [0.3, 0.4) is 0 Å². The summed E-state index contributed by atoms with van der Waals surface area (Å²) in [5.41, 5.74) is -0.612. The monoisotopic (exact) mass is 239 g/mol. The van der Waals surface area contributed by atoms with Crippen LogP contribution < -0.4 is 0 Å². The lowest BCUT2D eigenvalue weighted by Crippen LogP contribution is -2.21. The van der Waals surface area contributed by atoms with Crippen LogP contribution in [0.15, 0.2) is 18.3 Å². The minimum atomic E-state index is -0.779. The van der Waals surface area contributed by atoms with Crippen LogP contribution in [-0.2, 0) is 4.74 Å². The molecule has 0 fully saturated rings. The molecule has 0 aliphatic rings. The third-order valence-electron chi connectivity index (χ3n) is 1.95. The quantitative estimate of drug-likeness (QED) is 0.427. The zero-order valence-corrected chi connectivity index (χ0v) is 9.62. The Morgan fingerprint density at radius 1 is 1.59 bits per heavy atom. The predicted octanol–water partition coefficient (Wildman–Crippen LogP) is 0.708. The van der Waals surface area contributed by atoms with Crippen molar-refractivity contribution in [3.8, 4) is 0 Å². The fourth-order valence-corrected chi connectivity index (χ4v) is 1.09. The van der Waals surface area contributed by atoms with Crippen LogP contribution in [0.25, 0.3) is 0 Å². The second-order valence-corrected chi connectivity index (χ2v) is 3.57. The first-order chi connectivity index (χ1) is 8.02. The van der Waals surface area contributed by atoms with E-state index in [1.54, 1.807) is 0 Å². The molecule has 0 saturated heterocycles. The summed E-state index contributed by atoms with van der Waals surface area (Å²) in [6, 6.07) is 2.62. The van der Waals surface area contributed by atoms with Gasteiger partial charge in [-0.15, -0.1) is 0 Å². The third-order valence-corrected chi connectivity index (χ3v) is 1.95. The molecule has 17 heavy (non-hydrogen) atoms. The maximum Gasteiger partial charge on any atom is 0.364 e. The number of ether oxygens (including phenoxy) is 1. The highest BCUT2D eigenvalue weighted by molar-refractivity contribution is 5.91. The molecule has 0 saturated carbocycles. The molecular weight excluding hydrogens is 226 g/mol. The minimum absolute atomic E-state index is 0.166. The molecule has 0 unspecified atom stereocenters. The van der Waals surface area contributed by atoms with Crippen molar-refractivity contribution in [2.75, 3.05) is 27.2 Å². The fraction of sp³-hybridized carbons (Fsp3) is 0.400. The molecule has 7 nitrogen and oxygen atoms in total. The Balaban J connectivity index is 2.72. The lowest BCUT2D eigenvalue weighted by Gasteiger charge is -2.09. The zero-order chi connectivity index (χ0) is 12.8. The number of esters is 1. The molecule has 0 aliphatic carbocycles. The molecule has 0 aliphatic heterocycles. The van der Waals surface area contributed by atoms with Crippen LogP contribution in [0.1, 0.15) is 10.5 Å². The smallest absolute Gasteiger partial charge is 0.364 e. The Bertz CT molecular complexity index is 420. The van der Waals surface area contributed by atoms with Crippen molar-refractivity contribution in [1.82, 2.24) is 9.88 Å². The highest BCUT2D eigenvalue weighted by Crippen LogP contribution is 2.15. The number of carbonyl (C=O) groups excluding carboxylic acids is 1. The number of nitrogens with zero attached hydrogens (tertiary/aromatic N) is 3. The van der Waals surface area contributed by atoms with Gasteiger partial charge >= 0.3 is 11.7 Å². The Kier molecular flexibility index (Phi) is 4.53. The molecule has 0 atom stereocenters. The van der Waals surface area contributed by atoms with E-state index in [-0.39, 0.29) is 18.0 Å². The summed E-state index contributed by atoms with van der Waals surface area (Å²) in [7, 11) is 3.66. The second kappa shape index (κ2) is 5.90. The minimum Gasteiger partial charge on any atom is -0.459 e. The molecule has 7 heteroatoms. The van der Waals surface area contributed by atoms with Gasteiger partial charge in [-0.2, -0.15) is 0 Å². The normalized spacial score (nSPS) is 10.3. The van der Waals surface area contributed by atoms with Crippen molar-refractivity contribution in [2.45, 2.75) is 0 Å². The van der Waals surface area contributed by atoms with E-state index in [0.717, 1.165) is 0 Å². The summed E-state index contributed by atoms with van der Waals surface area (Å²) in [5, 5.41) is 10.7. The molecule has 92 valence electrons. The van der Waals surface area contributed by atoms with E-state index in [2.05, 4.69) is 4.98 Å². The standard InChI is InChI=1S/C10H13N3O4/c1-12(2)6-7-17-10(14)9-8(13(15)16)4-3-5-11-9/h3-5H,6-7H2,1-2H3. The Hall–Kier alpha value is -2.02. The van der Waals surface area contributed by atoms with Crippen molar-refractivity contribution in [1.29, 1.82) is 0 Å². The third kappa shape index (κ3) is 3.80. The number of hydrogen-bond donors (Lipinski definition) is 0. The van der Waals surface area contributed by atoms with Crippen LogP contribution in [0.5, 0.6) is 0 Å². The number of hydrogen-bond acceptors (Lipinski definition) is 6. The van der Waals surface area contributed by atoms with Crippen LogP contribution >= 0.6 is 0 Å². The molecule has 1 aromatic heterocycles. The number of pyridine rings is 1. The maximum absolute atomic E-state index is 11.5. The molecular formula is C10H13N3O4. The molecule has 0 radical (unpaired) electrons. The molecule has 0 amide bonds. The topological polar surface area (TPSA) is 85.6 Å². The zero-order valence-electron chi connectivity index (χ0n) is 9.62. The predicted molar refractivity (Wildman–Crippen MR) is 59.7 cm³/mol. The fourth-order valence-electron chi connectivity index (χ4n) is 1.09. The van der Waals surface area contributed by atoms with Gasteiger partial charge in [-0.3, -0.25) is 10.1 Å². The van der Waals surface area contributed by atoms with Gasteiger partial charge in [0.2, 0.25) is 5.69 Å². The summed E-state index contributed by atoms with van der Waals surface area (Å²) in [6.45, 7) is 0.714. The number of aromatic nitrogens is 1. The summed E-state index contributed by atoms with van der Waals surface area (Å²) in [6.07, 6.45) is 1.32. The van der Waals surface area contributed by atoms with E-state index in [9.17, 15) is 14.9 Å². The van der Waals surface area contributed by atoms with Crippen molar-refractivity contribution in [3.63, 3.8) is 0 Å². The van der Waals surface area contributed by atoms with Gasteiger partial charge in [-0.1, -0.05) is 0 Å². The van der Waals surface area contributed by atoms with Crippen LogP contribution in [0.4, 0.5) is 5.69 Å². The van der Waals surface area contributed by atoms with Crippen LogP contribution in [0.2, 0.25) is 0 Å². The SMILES string of the molecule is CN(C)CCOC(=O)c1ncccc1[N+](=O)[O-]. The average molecular weight is 239 g/mol. The van der Waals surface area contributed by atoms with E-state index >= 15 is 0 Å². The summed E-state index contributed by atoms with van der Waals surface area (Å²) in [5.74, 6) is -0.779. The van der Waals surface area contributed by atoms with Gasteiger partial charge in [0.05, 0.1) is 4.92 Å². The van der Waals surface area contributed by atoms with Gasteiger partial charge in [0.15, 0.2) is 0 Å². The summed E-state index contributed by atoms with van der Waals surface area (Å²) in [4.78, 5) is 27.0. The van der Waals surface area contributed by atoms with E-state index in [0.29, 0.717) is 6.54 Å². The Morgan fingerprint density at radius 2 is 2.29 bits per heavy atom. The van der Waals surface area contributed by atoms with E-state index in [4.69, 9.17) is 4.74 Å². The van der Waals surface area contributed by atoms with Gasteiger partial charge in [-0.25, -0.2) is 9.78 Å². The van der Waals surface area contributed by atoms with Crippen LogP contribution in [-0.4, -0.2) is 48.0 Å². The first-order valence-corrected chi connectivity index (χ1v) is 4.93. The summed E-state index contributed by atoms with van der Waals surface area (Å²) >= 11 is 0. The largest absolute Gasteiger partial charge is 0.459 e. The molecule has 0 aromatic carbocycles. The lowest BCUT2D eigenvalue weighted by molar-refractivity contribution is -0.385. The average Bonchev–Trinajstić information content (AvgIpc) is 2.28.